The molecule has 0 spiro atoms. The van der Waals surface area contributed by atoms with Crippen LogP contribution in [0.4, 0.5) is 0 Å². The molecule has 0 saturated carbocycles. The molecule has 2 aliphatic rings. The van der Waals surface area contributed by atoms with E-state index in [4.69, 9.17) is 0 Å². The third kappa shape index (κ3) is 2.46. The van der Waals surface area contributed by atoms with E-state index in [1.165, 1.54) is 12.1 Å². The molecular weight excluding hydrogens is 252 g/mol. The van der Waals surface area contributed by atoms with Gasteiger partial charge in [0.15, 0.2) is 5.69 Å². The molecule has 0 bridgehead atoms. The molecule has 110 valence electrons. The molecule has 1 fully saturated rings. The van der Waals surface area contributed by atoms with Crippen molar-refractivity contribution in [3.63, 3.8) is 0 Å². The maximum atomic E-state index is 12.5. The van der Waals surface area contributed by atoms with Gasteiger partial charge in [-0.1, -0.05) is 0 Å². The number of nitrogens with zero attached hydrogens (tertiary/aromatic N) is 4. The monoisotopic (exact) mass is 276 g/mol. The van der Waals surface area contributed by atoms with Crippen LogP contribution in [-0.2, 0) is 6.42 Å². The van der Waals surface area contributed by atoms with Crippen LogP contribution in [0.25, 0.3) is 0 Å². The molecule has 1 aromatic heterocycles. The van der Waals surface area contributed by atoms with Crippen molar-refractivity contribution in [3.8, 4) is 0 Å². The van der Waals surface area contributed by atoms with Crippen LogP contribution in [0.5, 0.6) is 0 Å². The molecule has 1 saturated heterocycles. The predicted octanol–water partition coefficient (Wildman–Crippen LogP) is 1.41. The van der Waals surface area contributed by atoms with E-state index in [1.54, 1.807) is 0 Å². The minimum Gasteiger partial charge on any atom is -0.340 e. The number of hydrogen-bond donors (Lipinski definition) is 0. The first-order valence-corrected chi connectivity index (χ1v) is 7.57. The second-order valence-electron chi connectivity index (χ2n) is 6.48. The van der Waals surface area contributed by atoms with Crippen molar-refractivity contribution >= 4 is 5.91 Å². The Balaban J connectivity index is 1.67. The molecule has 1 atom stereocenters. The summed E-state index contributed by atoms with van der Waals surface area (Å²) in [4.78, 5) is 16.6. The van der Waals surface area contributed by atoms with Crippen LogP contribution in [-0.4, -0.2) is 59.2 Å². The number of aryl methyl sites for hydroxylation is 1. The number of likely N-dealkylation sites (tertiary alicyclic amines) is 1. The highest BCUT2D eigenvalue weighted by atomic mass is 16.2. The second-order valence-corrected chi connectivity index (χ2v) is 6.48. The summed E-state index contributed by atoms with van der Waals surface area (Å²) in [5.74, 6) is 0.679. The largest absolute Gasteiger partial charge is 0.340 e. The molecule has 0 aromatic carbocycles. The maximum Gasteiger partial charge on any atom is 0.274 e. The van der Waals surface area contributed by atoms with Crippen molar-refractivity contribution in [1.29, 1.82) is 0 Å². The predicted molar refractivity (Wildman–Crippen MR) is 77.8 cm³/mol. The summed E-state index contributed by atoms with van der Waals surface area (Å²) in [6.45, 7) is 5.20. The first kappa shape index (κ1) is 13.6. The van der Waals surface area contributed by atoms with Crippen LogP contribution in [0.15, 0.2) is 6.07 Å². The molecule has 5 nitrogen and oxygen atoms in total. The Labute approximate surface area is 120 Å². The summed E-state index contributed by atoms with van der Waals surface area (Å²) in [6.07, 6.45) is 3.40. The summed E-state index contributed by atoms with van der Waals surface area (Å²) < 4.78 is 2.04. The van der Waals surface area contributed by atoms with E-state index in [9.17, 15) is 4.79 Å². The zero-order valence-electron chi connectivity index (χ0n) is 12.7. The highest BCUT2D eigenvalue weighted by molar-refractivity contribution is 5.92. The van der Waals surface area contributed by atoms with E-state index in [0.717, 1.165) is 32.5 Å². The van der Waals surface area contributed by atoms with E-state index in [0.29, 0.717) is 17.7 Å². The van der Waals surface area contributed by atoms with Crippen LogP contribution in [0.2, 0.25) is 0 Å². The van der Waals surface area contributed by atoms with Crippen molar-refractivity contribution < 1.29 is 4.79 Å². The molecule has 1 unspecified atom stereocenters. The van der Waals surface area contributed by atoms with E-state index in [1.807, 2.05) is 22.7 Å². The van der Waals surface area contributed by atoms with Gasteiger partial charge in [0.1, 0.15) is 0 Å². The summed E-state index contributed by atoms with van der Waals surface area (Å²) >= 11 is 0. The number of hydrogen-bond acceptors (Lipinski definition) is 3. The number of amides is 1. The van der Waals surface area contributed by atoms with Gasteiger partial charge in [-0.2, -0.15) is 5.10 Å². The minimum absolute atomic E-state index is 0.0636. The van der Waals surface area contributed by atoms with Crippen LogP contribution in [0.3, 0.4) is 0 Å². The average molecular weight is 276 g/mol. The van der Waals surface area contributed by atoms with Gasteiger partial charge in [0.05, 0.1) is 0 Å². The number of carbonyl (C=O) groups is 1. The molecule has 0 aliphatic carbocycles. The number of carbonyl (C=O) groups excluding carboxylic acids is 1. The quantitative estimate of drug-likeness (QED) is 0.838. The van der Waals surface area contributed by atoms with Crippen molar-refractivity contribution in [2.24, 2.45) is 5.92 Å². The van der Waals surface area contributed by atoms with Crippen molar-refractivity contribution in [3.05, 3.63) is 17.5 Å². The van der Waals surface area contributed by atoms with Gasteiger partial charge in [0.25, 0.3) is 5.91 Å². The Kier molecular flexibility index (Phi) is 3.54. The van der Waals surface area contributed by atoms with Gasteiger partial charge in [-0.05, 0) is 39.3 Å². The molecule has 0 radical (unpaired) electrons. The Morgan fingerprint density at radius 1 is 1.50 bits per heavy atom. The zero-order chi connectivity index (χ0) is 14.3. The van der Waals surface area contributed by atoms with Crippen LogP contribution >= 0.6 is 0 Å². The Morgan fingerprint density at radius 2 is 2.25 bits per heavy atom. The molecule has 0 N–H and O–H groups in total. The van der Waals surface area contributed by atoms with E-state index in [2.05, 4.69) is 24.0 Å². The fourth-order valence-corrected chi connectivity index (χ4v) is 3.42. The lowest BCUT2D eigenvalue weighted by atomic mass is 10.0. The van der Waals surface area contributed by atoms with Gasteiger partial charge in [-0.3, -0.25) is 9.48 Å². The van der Waals surface area contributed by atoms with Crippen LogP contribution < -0.4 is 0 Å². The topological polar surface area (TPSA) is 41.4 Å². The minimum atomic E-state index is 0.0636. The van der Waals surface area contributed by atoms with Gasteiger partial charge in [0, 0.05) is 44.3 Å². The maximum absolute atomic E-state index is 12.5. The highest BCUT2D eigenvalue weighted by Crippen LogP contribution is 2.24. The van der Waals surface area contributed by atoms with E-state index < -0.39 is 0 Å². The standard InChI is InChI=1S/C15H24N4O/c1-11-5-4-6-13-7-14(16-19(11)13)15(20)18(3)10-12-8-17(2)9-12/h7,11-12H,4-6,8-10H2,1-3H3. The summed E-state index contributed by atoms with van der Waals surface area (Å²) in [5, 5.41) is 4.53. The molecule has 20 heavy (non-hydrogen) atoms. The van der Waals surface area contributed by atoms with Crippen molar-refractivity contribution in [2.45, 2.75) is 32.2 Å². The van der Waals surface area contributed by atoms with Gasteiger partial charge in [-0.15, -0.1) is 0 Å². The molecular formula is C15H24N4O. The number of aromatic nitrogens is 2. The lowest BCUT2D eigenvalue weighted by molar-refractivity contribution is 0.0640. The molecule has 5 heteroatoms. The van der Waals surface area contributed by atoms with Gasteiger partial charge in [-0.25, -0.2) is 0 Å². The summed E-state index contributed by atoms with van der Waals surface area (Å²) in [5.41, 5.74) is 1.83. The Hall–Kier alpha value is -1.36. The van der Waals surface area contributed by atoms with Crippen molar-refractivity contribution in [1.82, 2.24) is 19.6 Å². The number of rotatable bonds is 3. The Bertz CT molecular complexity index is 504. The first-order chi connectivity index (χ1) is 9.54. The van der Waals surface area contributed by atoms with Crippen LogP contribution in [0.1, 0.15) is 42.0 Å². The summed E-state index contributed by atoms with van der Waals surface area (Å²) in [6, 6.07) is 2.41. The van der Waals surface area contributed by atoms with Gasteiger partial charge >= 0.3 is 0 Å². The third-order valence-corrected chi connectivity index (χ3v) is 4.52. The smallest absolute Gasteiger partial charge is 0.274 e. The molecule has 1 aromatic rings. The van der Waals surface area contributed by atoms with E-state index >= 15 is 0 Å². The molecule has 3 heterocycles. The van der Waals surface area contributed by atoms with Crippen molar-refractivity contribution in [2.75, 3.05) is 33.7 Å². The summed E-state index contributed by atoms with van der Waals surface area (Å²) in [7, 11) is 4.01. The van der Waals surface area contributed by atoms with Gasteiger partial charge < -0.3 is 9.80 Å². The SMILES string of the molecule is CC1CCCc2cc(C(=O)N(C)CC3CN(C)C3)nn21. The normalized spacial score (nSPS) is 23.2. The van der Waals surface area contributed by atoms with Gasteiger partial charge in [0.2, 0.25) is 0 Å². The Morgan fingerprint density at radius 3 is 2.90 bits per heavy atom. The second kappa shape index (κ2) is 5.20. The third-order valence-electron chi connectivity index (χ3n) is 4.52. The lowest BCUT2D eigenvalue weighted by Gasteiger charge is -2.38. The number of fused-ring (bicyclic) bond motifs is 1. The zero-order valence-corrected chi connectivity index (χ0v) is 12.7. The van der Waals surface area contributed by atoms with Crippen LogP contribution in [0, 0.1) is 5.92 Å². The fraction of sp³-hybridized carbons (Fsp3) is 0.733. The first-order valence-electron chi connectivity index (χ1n) is 7.57. The van der Waals surface area contributed by atoms with E-state index in [-0.39, 0.29) is 5.91 Å². The average Bonchev–Trinajstić information content (AvgIpc) is 2.81. The molecule has 3 rings (SSSR count). The highest BCUT2D eigenvalue weighted by Gasteiger charge is 2.28. The molecule has 1 amide bonds. The molecule has 2 aliphatic heterocycles. The lowest BCUT2D eigenvalue weighted by Crippen LogP contribution is -2.49. The fourth-order valence-electron chi connectivity index (χ4n) is 3.42.